The van der Waals surface area contributed by atoms with Crippen LogP contribution in [-0.4, -0.2) is 68.3 Å². The molecule has 1 aliphatic heterocycles. The Morgan fingerprint density at radius 1 is 1.21 bits per heavy atom. The number of nitrogens with zero attached hydrogens (tertiary/aromatic N) is 1. The standard InChI is InChI=1S/C28H36N4O5S/c1-5-17(2)15-30-26(36)24-28(4,29)38-16-32(24)27(37)23(34)21(14-19-10-7-6-8-11-19)31-25(35)20-12-9-13-22(33)18(20)3/h5-13,21,23-24,33-34H,14-16,29H2,1-4H3,(H,30,36)(H,31,35)/b17-5-/t21-,23-,24+,28?/m0/s1. The molecule has 204 valence electrons. The molecule has 3 rings (SSSR count). The first-order valence-electron chi connectivity index (χ1n) is 12.4. The normalized spacial score (nSPS) is 21.1. The second-order valence-electron chi connectivity index (χ2n) is 9.68. The van der Waals surface area contributed by atoms with E-state index in [4.69, 9.17) is 5.73 Å². The first-order valence-corrected chi connectivity index (χ1v) is 13.4. The van der Waals surface area contributed by atoms with Crippen LogP contribution in [0.2, 0.25) is 0 Å². The van der Waals surface area contributed by atoms with Gasteiger partial charge in [0.25, 0.3) is 11.8 Å². The molecule has 2 aromatic carbocycles. The lowest BCUT2D eigenvalue weighted by Gasteiger charge is -2.33. The number of aliphatic hydroxyl groups excluding tert-OH is 1. The molecule has 1 aliphatic rings. The minimum absolute atomic E-state index is 0.0350. The molecule has 2 aromatic rings. The molecule has 6 N–H and O–H groups in total. The number of carbonyl (C=O) groups is 3. The highest BCUT2D eigenvalue weighted by molar-refractivity contribution is 8.00. The maximum absolute atomic E-state index is 13.6. The van der Waals surface area contributed by atoms with E-state index in [0.717, 1.165) is 11.1 Å². The highest BCUT2D eigenvalue weighted by atomic mass is 32.2. The molecule has 9 nitrogen and oxygen atoms in total. The number of phenolic OH excluding ortho intramolecular Hbond substituents is 1. The smallest absolute Gasteiger partial charge is 0.255 e. The first-order chi connectivity index (χ1) is 18.0. The molecule has 0 aromatic heterocycles. The molecule has 4 atom stereocenters. The summed E-state index contributed by atoms with van der Waals surface area (Å²) >= 11 is 1.24. The lowest BCUT2D eigenvalue weighted by molar-refractivity contribution is -0.147. The van der Waals surface area contributed by atoms with Gasteiger partial charge >= 0.3 is 0 Å². The van der Waals surface area contributed by atoms with Gasteiger partial charge in [-0.2, -0.15) is 0 Å². The van der Waals surface area contributed by atoms with Gasteiger partial charge in [-0.05, 0) is 51.8 Å². The number of rotatable bonds is 9. The van der Waals surface area contributed by atoms with Gasteiger partial charge in [-0.1, -0.05) is 48.0 Å². The SMILES string of the molecule is C/C=C(/C)CNC(=O)[C@H]1N(C(=O)[C@@H](O)[C@H](Cc2ccccc2)NC(=O)c2cccc(O)c2C)CSC1(C)N. The van der Waals surface area contributed by atoms with Crippen molar-refractivity contribution < 1.29 is 24.6 Å². The van der Waals surface area contributed by atoms with Crippen LogP contribution in [0.15, 0.2) is 60.2 Å². The lowest BCUT2D eigenvalue weighted by atomic mass is 9.98. The monoisotopic (exact) mass is 540 g/mol. The van der Waals surface area contributed by atoms with E-state index in [1.807, 2.05) is 50.3 Å². The first kappa shape index (κ1) is 29.2. The Labute approximate surface area is 227 Å². The van der Waals surface area contributed by atoms with Crippen molar-refractivity contribution >= 4 is 29.5 Å². The maximum Gasteiger partial charge on any atom is 0.255 e. The summed E-state index contributed by atoms with van der Waals surface area (Å²) in [5.41, 5.74) is 8.76. The number of thioether (sulfide) groups is 1. The van der Waals surface area contributed by atoms with Crippen LogP contribution in [0, 0.1) is 6.92 Å². The van der Waals surface area contributed by atoms with Crippen LogP contribution in [0.1, 0.15) is 42.3 Å². The minimum atomic E-state index is -1.65. The summed E-state index contributed by atoms with van der Waals surface area (Å²) in [6.07, 6.45) is 0.386. The number of phenols is 1. The number of benzene rings is 2. The van der Waals surface area contributed by atoms with Gasteiger partial charge in [0, 0.05) is 17.7 Å². The van der Waals surface area contributed by atoms with Gasteiger partial charge in [-0.15, -0.1) is 11.8 Å². The number of aliphatic hydroxyl groups is 1. The quantitative estimate of drug-likeness (QED) is 0.306. The van der Waals surface area contributed by atoms with E-state index in [-0.39, 0.29) is 23.6 Å². The van der Waals surface area contributed by atoms with Crippen LogP contribution in [0.4, 0.5) is 0 Å². The molecule has 1 saturated heterocycles. The molecule has 10 heteroatoms. The predicted octanol–water partition coefficient (Wildman–Crippen LogP) is 2.06. The number of allylic oxidation sites excluding steroid dienone is 1. The van der Waals surface area contributed by atoms with Crippen LogP contribution in [-0.2, 0) is 16.0 Å². The average molecular weight is 541 g/mol. The number of hydrogen-bond donors (Lipinski definition) is 5. The highest BCUT2D eigenvalue weighted by Crippen LogP contribution is 2.36. The topological polar surface area (TPSA) is 145 Å². The summed E-state index contributed by atoms with van der Waals surface area (Å²) in [6, 6.07) is 11.7. The van der Waals surface area contributed by atoms with E-state index in [9.17, 15) is 24.6 Å². The molecular weight excluding hydrogens is 504 g/mol. The fourth-order valence-corrected chi connectivity index (χ4v) is 5.34. The number of nitrogens with one attached hydrogen (secondary N) is 2. The maximum atomic E-state index is 13.6. The highest BCUT2D eigenvalue weighted by Gasteiger charge is 2.50. The minimum Gasteiger partial charge on any atom is -0.508 e. The number of amides is 3. The summed E-state index contributed by atoms with van der Waals surface area (Å²) in [5.74, 6) is -1.58. The number of nitrogens with two attached hydrogens (primary N) is 1. The zero-order valence-corrected chi connectivity index (χ0v) is 22.9. The van der Waals surface area contributed by atoms with Crippen molar-refractivity contribution in [1.82, 2.24) is 15.5 Å². The lowest BCUT2D eigenvalue weighted by Crippen LogP contribution is -2.61. The molecule has 0 bridgehead atoms. The second-order valence-corrected chi connectivity index (χ2v) is 11.1. The largest absolute Gasteiger partial charge is 0.508 e. The van der Waals surface area contributed by atoms with Gasteiger partial charge in [-0.25, -0.2) is 0 Å². The van der Waals surface area contributed by atoms with E-state index < -0.39 is 40.8 Å². The van der Waals surface area contributed by atoms with Gasteiger partial charge in [0.15, 0.2) is 6.10 Å². The van der Waals surface area contributed by atoms with E-state index in [2.05, 4.69) is 10.6 Å². The number of carbonyl (C=O) groups excluding carboxylic acids is 3. The van der Waals surface area contributed by atoms with Crippen LogP contribution in [0.3, 0.4) is 0 Å². The van der Waals surface area contributed by atoms with Crippen molar-refractivity contribution in [2.24, 2.45) is 5.73 Å². The molecule has 3 amide bonds. The van der Waals surface area contributed by atoms with E-state index in [1.54, 1.807) is 26.0 Å². The van der Waals surface area contributed by atoms with Crippen molar-refractivity contribution in [2.75, 3.05) is 12.4 Å². The molecule has 0 saturated carbocycles. The molecule has 38 heavy (non-hydrogen) atoms. The Balaban J connectivity index is 1.87. The van der Waals surface area contributed by atoms with Gasteiger partial charge in [0.1, 0.15) is 11.8 Å². The van der Waals surface area contributed by atoms with Crippen LogP contribution in [0.5, 0.6) is 5.75 Å². The Kier molecular flexibility index (Phi) is 9.59. The third-order valence-corrected chi connectivity index (χ3v) is 7.99. The summed E-state index contributed by atoms with van der Waals surface area (Å²) in [5, 5.41) is 26.9. The van der Waals surface area contributed by atoms with Gasteiger partial charge in [0.05, 0.1) is 16.8 Å². The number of hydrogen-bond acceptors (Lipinski definition) is 7. The summed E-state index contributed by atoms with van der Waals surface area (Å²) in [6.45, 7) is 7.35. The van der Waals surface area contributed by atoms with Crippen molar-refractivity contribution in [2.45, 2.75) is 57.2 Å². The zero-order chi connectivity index (χ0) is 28.0. The fourth-order valence-electron chi connectivity index (χ4n) is 4.26. The Morgan fingerprint density at radius 2 is 1.89 bits per heavy atom. The second kappa shape index (κ2) is 12.5. The summed E-state index contributed by atoms with van der Waals surface area (Å²) in [4.78, 5) is 40.1. The van der Waals surface area contributed by atoms with Crippen molar-refractivity contribution in [1.29, 1.82) is 0 Å². The van der Waals surface area contributed by atoms with Gasteiger partial charge in [0.2, 0.25) is 5.91 Å². The summed E-state index contributed by atoms with van der Waals surface area (Å²) in [7, 11) is 0. The zero-order valence-electron chi connectivity index (χ0n) is 22.1. The predicted molar refractivity (Wildman–Crippen MR) is 148 cm³/mol. The molecular formula is C28H36N4O5S. The molecule has 1 heterocycles. The van der Waals surface area contributed by atoms with E-state index in [0.29, 0.717) is 12.1 Å². The van der Waals surface area contributed by atoms with Crippen LogP contribution >= 0.6 is 11.8 Å². The summed E-state index contributed by atoms with van der Waals surface area (Å²) < 4.78 is 0. The van der Waals surface area contributed by atoms with E-state index in [1.165, 1.54) is 22.7 Å². The average Bonchev–Trinajstić information content (AvgIpc) is 3.22. The fraction of sp³-hybridized carbons (Fsp3) is 0.393. The van der Waals surface area contributed by atoms with Crippen LogP contribution < -0.4 is 16.4 Å². The third-order valence-electron chi connectivity index (χ3n) is 6.73. The Bertz CT molecular complexity index is 1200. The van der Waals surface area contributed by atoms with Gasteiger partial charge < -0.3 is 31.5 Å². The van der Waals surface area contributed by atoms with Crippen molar-refractivity contribution in [3.8, 4) is 5.75 Å². The molecule has 1 fully saturated rings. The third kappa shape index (κ3) is 6.75. The Morgan fingerprint density at radius 3 is 2.55 bits per heavy atom. The molecule has 1 unspecified atom stereocenters. The van der Waals surface area contributed by atoms with E-state index >= 15 is 0 Å². The Hall–Kier alpha value is -3.34. The van der Waals surface area contributed by atoms with Crippen molar-refractivity contribution in [3.63, 3.8) is 0 Å². The van der Waals surface area contributed by atoms with Gasteiger partial charge in [-0.3, -0.25) is 14.4 Å². The van der Waals surface area contributed by atoms with Crippen molar-refractivity contribution in [3.05, 3.63) is 76.9 Å². The van der Waals surface area contributed by atoms with Crippen LogP contribution in [0.25, 0.3) is 0 Å². The molecule has 0 spiro atoms. The molecule has 0 radical (unpaired) electrons. The number of aromatic hydroxyl groups is 1. The molecule has 0 aliphatic carbocycles.